The zero-order valence-electron chi connectivity index (χ0n) is 11.9. The number of thioether (sulfide) groups is 1. The van der Waals surface area contributed by atoms with Crippen LogP contribution in [0.1, 0.15) is 18.4 Å². The number of amides is 1. The molecule has 1 aliphatic rings. The van der Waals surface area contributed by atoms with E-state index in [1.165, 1.54) is 0 Å². The Morgan fingerprint density at radius 2 is 2.05 bits per heavy atom. The van der Waals surface area contributed by atoms with Crippen LogP contribution in [-0.4, -0.2) is 42.1 Å². The van der Waals surface area contributed by atoms with Crippen LogP contribution in [0.3, 0.4) is 0 Å². The maximum Gasteiger partial charge on any atom is 0.313 e. The van der Waals surface area contributed by atoms with E-state index in [9.17, 15) is 9.59 Å². The Hall–Kier alpha value is -1.69. The van der Waals surface area contributed by atoms with E-state index in [1.54, 1.807) is 7.11 Å². The molecule has 21 heavy (non-hydrogen) atoms. The molecular weight excluding hydrogens is 290 g/mol. The predicted molar refractivity (Wildman–Crippen MR) is 81.9 cm³/mol. The van der Waals surface area contributed by atoms with Crippen molar-refractivity contribution in [3.63, 3.8) is 0 Å². The largest absolute Gasteiger partial charge is 0.496 e. The van der Waals surface area contributed by atoms with Crippen LogP contribution < -0.4 is 10.1 Å². The van der Waals surface area contributed by atoms with Crippen LogP contribution in [0.5, 0.6) is 5.75 Å². The summed E-state index contributed by atoms with van der Waals surface area (Å²) in [4.78, 5) is 22.1. The Kier molecular flexibility index (Phi) is 5.12. The Balaban J connectivity index is 1.87. The number of hydrogen-bond donors (Lipinski definition) is 2. The highest BCUT2D eigenvalue weighted by atomic mass is 32.2. The average Bonchev–Trinajstić information content (AvgIpc) is 3.26. The summed E-state index contributed by atoms with van der Waals surface area (Å²) in [6.07, 6.45) is 2.05. The van der Waals surface area contributed by atoms with E-state index in [4.69, 9.17) is 9.84 Å². The Labute approximate surface area is 128 Å². The third-order valence-electron chi connectivity index (χ3n) is 3.61. The molecule has 2 N–H and O–H groups in total. The fourth-order valence-electron chi connectivity index (χ4n) is 2.32. The molecule has 0 unspecified atom stereocenters. The fraction of sp³-hybridized carbons (Fsp3) is 0.467. The molecule has 0 atom stereocenters. The number of aliphatic carboxylic acids is 1. The standard InChI is InChI=1S/C15H19NO4S/c1-20-12-5-3-2-4-11(12)15(6-7-15)10-16-13(17)8-21-9-14(18)19/h2-5H,6-10H2,1H3,(H,16,17)(H,18,19). The van der Waals surface area contributed by atoms with E-state index in [2.05, 4.69) is 5.32 Å². The number of carbonyl (C=O) groups is 2. The van der Waals surface area contributed by atoms with Gasteiger partial charge < -0.3 is 15.2 Å². The molecule has 0 heterocycles. The summed E-state index contributed by atoms with van der Waals surface area (Å²) < 4.78 is 5.39. The average molecular weight is 309 g/mol. The summed E-state index contributed by atoms with van der Waals surface area (Å²) in [5.74, 6) is -0.0493. The lowest BCUT2D eigenvalue weighted by Crippen LogP contribution is -2.33. The number of carboxylic acid groups (broad SMARTS) is 1. The molecule has 1 aromatic rings. The van der Waals surface area contributed by atoms with Crippen LogP contribution in [0.4, 0.5) is 0 Å². The lowest BCUT2D eigenvalue weighted by Gasteiger charge is -2.19. The number of carbonyl (C=O) groups excluding carboxylic acids is 1. The normalized spacial score (nSPS) is 15.3. The van der Waals surface area contributed by atoms with E-state index in [0.717, 1.165) is 35.9 Å². The van der Waals surface area contributed by atoms with E-state index < -0.39 is 5.97 Å². The van der Waals surface area contributed by atoms with Crippen molar-refractivity contribution in [2.24, 2.45) is 0 Å². The number of ether oxygens (including phenoxy) is 1. The molecule has 1 fully saturated rings. The highest BCUT2D eigenvalue weighted by Gasteiger charge is 2.46. The van der Waals surface area contributed by atoms with Gasteiger partial charge in [0.2, 0.25) is 5.91 Å². The van der Waals surface area contributed by atoms with Crippen molar-refractivity contribution < 1.29 is 19.4 Å². The third kappa shape index (κ3) is 4.14. The van der Waals surface area contributed by atoms with Crippen LogP contribution in [0, 0.1) is 0 Å². The molecule has 0 radical (unpaired) electrons. The lowest BCUT2D eigenvalue weighted by atomic mass is 9.95. The first-order valence-corrected chi connectivity index (χ1v) is 7.92. The topological polar surface area (TPSA) is 75.6 Å². The molecule has 1 saturated carbocycles. The number of methoxy groups -OCH3 is 1. The van der Waals surface area contributed by atoms with Gasteiger partial charge in [0.05, 0.1) is 18.6 Å². The number of nitrogens with one attached hydrogen (secondary N) is 1. The van der Waals surface area contributed by atoms with Gasteiger partial charge >= 0.3 is 5.97 Å². The summed E-state index contributed by atoms with van der Waals surface area (Å²) in [6, 6.07) is 7.87. The van der Waals surface area contributed by atoms with Crippen LogP contribution in [0.2, 0.25) is 0 Å². The van der Waals surface area contributed by atoms with Crippen LogP contribution >= 0.6 is 11.8 Å². The zero-order valence-corrected chi connectivity index (χ0v) is 12.7. The van der Waals surface area contributed by atoms with Gasteiger partial charge in [-0.25, -0.2) is 0 Å². The zero-order chi connectivity index (χ0) is 15.3. The quantitative estimate of drug-likeness (QED) is 0.764. The lowest BCUT2D eigenvalue weighted by molar-refractivity contribution is -0.133. The molecule has 1 aliphatic carbocycles. The summed E-state index contributed by atoms with van der Waals surface area (Å²) in [6.45, 7) is 0.569. The van der Waals surface area contributed by atoms with Crippen molar-refractivity contribution in [1.82, 2.24) is 5.32 Å². The summed E-state index contributed by atoms with van der Waals surface area (Å²) >= 11 is 1.11. The number of para-hydroxylation sites is 1. The maximum atomic E-state index is 11.7. The Morgan fingerprint density at radius 1 is 1.33 bits per heavy atom. The maximum absolute atomic E-state index is 11.7. The molecule has 0 spiro atoms. The minimum atomic E-state index is -0.902. The SMILES string of the molecule is COc1ccccc1C1(CNC(=O)CSCC(=O)O)CC1. The number of benzene rings is 1. The molecule has 114 valence electrons. The second kappa shape index (κ2) is 6.85. The van der Waals surface area contributed by atoms with Crippen molar-refractivity contribution in [1.29, 1.82) is 0 Å². The minimum absolute atomic E-state index is 0.0280. The second-order valence-corrected chi connectivity index (χ2v) is 6.13. The van der Waals surface area contributed by atoms with E-state index in [-0.39, 0.29) is 22.8 Å². The van der Waals surface area contributed by atoms with E-state index >= 15 is 0 Å². The van der Waals surface area contributed by atoms with Crippen molar-refractivity contribution in [2.75, 3.05) is 25.2 Å². The van der Waals surface area contributed by atoms with Gasteiger partial charge in [0.15, 0.2) is 0 Å². The van der Waals surface area contributed by atoms with Crippen molar-refractivity contribution in [2.45, 2.75) is 18.3 Å². The smallest absolute Gasteiger partial charge is 0.313 e. The Morgan fingerprint density at radius 3 is 2.67 bits per heavy atom. The summed E-state index contributed by atoms with van der Waals surface area (Å²) in [5.41, 5.74) is 1.10. The van der Waals surface area contributed by atoms with Crippen molar-refractivity contribution >= 4 is 23.6 Å². The van der Waals surface area contributed by atoms with Gasteiger partial charge in [0, 0.05) is 17.5 Å². The van der Waals surface area contributed by atoms with Gasteiger partial charge in [0.1, 0.15) is 5.75 Å². The first-order chi connectivity index (χ1) is 10.1. The molecule has 6 heteroatoms. The molecule has 0 bridgehead atoms. The molecule has 5 nitrogen and oxygen atoms in total. The predicted octanol–water partition coefficient (Wildman–Crippen LogP) is 1.66. The summed E-state index contributed by atoms with van der Waals surface area (Å²) in [5, 5.41) is 11.4. The number of carboxylic acids is 1. The fourth-order valence-corrected chi connectivity index (χ4v) is 2.89. The third-order valence-corrected chi connectivity index (χ3v) is 4.53. The molecule has 0 aromatic heterocycles. The monoisotopic (exact) mass is 309 g/mol. The summed E-state index contributed by atoms with van der Waals surface area (Å²) in [7, 11) is 1.65. The van der Waals surface area contributed by atoms with Gasteiger partial charge in [-0.05, 0) is 18.9 Å². The molecule has 2 rings (SSSR count). The van der Waals surface area contributed by atoms with E-state index in [1.807, 2.05) is 24.3 Å². The minimum Gasteiger partial charge on any atom is -0.496 e. The molecule has 1 aromatic carbocycles. The van der Waals surface area contributed by atoms with Gasteiger partial charge in [-0.1, -0.05) is 18.2 Å². The Bertz CT molecular complexity index is 528. The molecular formula is C15H19NO4S. The van der Waals surface area contributed by atoms with E-state index in [0.29, 0.717) is 6.54 Å². The van der Waals surface area contributed by atoms with Gasteiger partial charge in [0.25, 0.3) is 0 Å². The van der Waals surface area contributed by atoms with Crippen LogP contribution in [0.25, 0.3) is 0 Å². The second-order valence-electron chi connectivity index (χ2n) is 5.14. The number of hydrogen-bond acceptors (Lipinski definition) is 4. The van der Waals surface area contributed by atoms with Gasteiger partial charge in [-0.15, -0.1) is 11.8 Å². The molecule has 0 aliphatic heterocycles. The molecule has 1 amide bonds. The molecule has 0 saturated heterocycles. The highest BCUT2D eigenvalue weighted by Crippen LogP contribution is 2.50. The van der Waals surface area contributed by atoms with Gasteiger partial charge in [-0.2, -0.15) is 0 Å². The van der Waals surface area contributed by atoms with Gasteiger partial charge in [-0.3, -0.25) is 9.59 Å². The van der Waals surface area contributed by atoms with Crippen LogP contribution in [0.15, 0.2) is 24.3 Å². The number of rotatable bonds is 8. The highest BCUT2D eigenvalue weighted by molar-refractivity contribution is 8.00. The van der Waals surface area contributed by atoms with Crippen molar-refractivity contribution in [3.8, 4) is 5.75 Å². The van der Waals surface area contributed by atoms with Crippen molar-refractivity contribution in [3.05, 3.63) is 29.8 Å². The first-order valence-electron chi connectivity index (χ1n) is 6.77. The first kappa shape index (κ1) is 15.7. The van der Waals surface area contributed by atoms with Crippen LogP contribution in [-0.2, 0) is 15.0 Å².